The summed E-state index contributed by atoms with van der Waals surface area (Å²) in [5.41, 5.74) is 0. The molecule has 0 amide bonds. The Morgan fingerprint density at radius 3 is 2.56 bits per heavy atom. The van der Waals surface area contributed by atoms with Crippen LogP contribution in [0.25, 0.3) is 0 Å². The van der Waals surface area contributed by atoms with Crippen molar-refractivity contribution in [1.29, 1.82) is 0 Å². The van der Waals surface area contributed by atoms with Crippen LogP contribution in [0.5, 0.6) is 0 Å². The van der Waals surface area contributed by atoms with Gasteiger partial charge in [0.25, 0.3) is 0 Å². The first kappa shape index (κ1) is 6.98. The zero-order valence-corrected chi connectivity index (χ0v) is 7.51. The van der Waals surface area contributed by atoms with E-state index in [1.54, 1.807) is 0 Å². The molecule has 1 aromatic heterocycles. The molecule has 0 spiro atoms. The molecule has 9 heavy (non-hydrogen) atoms. The molecule has 0 atom stereocenters. The van der Waals surface area contributed by atoms with Crippen LogP contribution < -0.4 is 0 Å². The smallest absolute Gasteiger partial charge is 0.139 e. The summed E-state index contributed by atoms with van der Waals surface area (Å²) >= 11 is 2.31. The number of aromatic amines is 1. The average Bonchev–Trinajstić information content (AvgIpc) is 2.08. The topological polar surface area (TPSA) is 41.6 Å². The maximum absolute atomic E-state index is 4.01. The van der Waals surface area contributed by atoms with Gasteiger partial charge in [0.1, 0.15) is 12.2 Å². The lowest BCUT2D eigenvalue weighted by molar-refractivity contribution is 0.749. The minimum absolute atomic E-state index is 0.0637. The van der Waals surface area contributed by atoms with Crippen molar-refractivity contribution in [3.8, 4) is 0 Å². The molecule has 3 nitrogen and oxygen atoms in total. The second-order valence-electron chi connectivity index (χ2n) is 2.31. The molecule has 1 heterocycles. The highest BCUT2D eigenvalue weighted by Crippen LogP contribution is 2.26. The van der Waals surface area contributed by atoms with Gasteiger partial charge in [0.15, 0.2) is 0 Å². The third-order valence-corrected chi connectivity index (χ3v) is 1.49. The van der Waals surface area contributed by atoms with Crippen LogP contribution in [0.1, 0.15) is 19.7 Å². The molecule has 0 saturated carbocycles. The summed E-state index contributed by atoms with van der Waals surface area (Å²) in [7, 11) is 0. The van der Waals surface area contributed by atoms with E-state index in [1.165, 1.54) is 6.33 Å². The Balaban J connectivity index is 2.90. The molecule has 0 aliphatic carbocycles. The van der Waals surface area contributed by atoms with Gasteiger partial charge in [0.05, 0.1) is 3.42 Å². The van der Waals surface area contributed by atoms with E-state index in [-0.39, 0.29) is 3.42 Å². The quantitative estimate of drug-likeness (QED) is 0.593. The maximum Gasteiger partial charge on any atom is 0.139 e. The van der Waals surface area contributed by atoms with Gasteiger partial charge in [-0.05, 0) is 13.8 Å². The van der Waals surface area contributed by atoms with Crippen LogP contribution in [-0.2, 0) is 3.42 Å². The fourth-order valence-electron chi connectivity index (χ4n) is 0.492. The fraction of sp³-hybridized carbons (Fsp3) is 0.600. The molecule has 0 unspecified atom stereocenters. The monoisotopic (exact) mass is 237 g/mol. The van der Waals surface area contributed by atoms with Gasteiger partial charge in [-0.3, -0.25) is 5.10 Å². The lowest BCUT2D eigenvalue weighted by Gasteiger charge is -2.10. The van der Waals surface area contributed by atoms with Crippen LogP contribution in [0, 0.1) is 0 Å². The van der Waals surface area contributed by atoms with Gasteiger partial charge >= 0.3 is 0 Å². The number of rotatable bonds is 1. The molecule has 50 valence electrons. The zero-order valence-electron chi connectivity index (χ0n) is 5.35. The van der Waals surface area contributed by atoms with Crippen molar-refractivity contribution in [2.75, 3.05) is 0 Å². The molecule has 0 aromatic carbocycles. The predicted molar refractivity (Wildman–Crippen MR) is 43.4 cm³/mol. The number of hydrogen-bond acceptors (Lipinski definition) is 2. The Labute approximate surface area is 67.4 Å². The molecule has 0 saturated heterocycles. The third kappa shape index (κ3) is 1.64. The fourth-order valence-corrected chi connectivity index (χ4v) is 0.752. The highest BCUT2D eigenvalue weighted by molar-refractivity contribution is 14.1. The van der Waals surface area contributed by atoms with Gasteiger partial charge in [-0.2, -0.15) is 5.10 Å². The Hall–Kier alpha value is -0.130. The number of nitrogens with one attached hydrogen (secondary N) is 1. The van der Waals surface area contributed by atoms with Crippen molar-refractivity contribution in [1.82, 2.24) is 15.2 Å². The molecule has 0 fully saturated rings. The Morgan fingerprint density at radius 2 is 2.33 bits per heavy atom. The summed E-state index contributed by atoms with van der Waals surface area (Å²) in [6.07, 6.45) is 1.52. The lowest BCUT2D eigenvalue weighted by atomic mass is 10.2. The van der Waals surface area contributed by atoms with Gasteiger partial charge in [-0.25, -0.2) is 4.98 Å². The van der Waals surface area contributed by atoms with Crippen molar-refractivity contribution in [2.45, 2.75) is 17.3 Å². The number of alkyl halides is 1. The second kappa shape index (κ2) is 2.24. The van der Waals surface area contributed by atoms with E-state index in [2.05, 4.69) is 51.6 Å². The highest BCUT2D eigenvalue weighted by atomic mass is 127. The van der Waals surface area contributed by atoms with Crippen LogP contribution in [0.4, 0.5) is 0 Å². The SMILES string of the molecule is CC(C)(I)c1ncn[nH]1. The van der Waals surface area contributed by atoms with E-state index in [1.807, 2.05) is 0 Å². The second-order valence-corrected chi connectivity index (χ2v) is 5.00. The molecular formula is C5H8IN3. The van der Waals surface area contributed by atoms with E-state index >= 15 is 0 Å². The van der Waals surface area contributed by atoms with Crippen LogP contribution in [0.15, 0.2) is 6.33 Å². The first-order valence-corrected chi connectivity index (χ1v) is 3.73. The molecule has 1 rings (SSSR count). The van der Waals surface area contributed by atoms with Crippen molar-refractivity contribution < 1.29 is 0 Å². The van der Waals surface area contributed by atoms with Gasteiger partial charge in [-0.1, -0.05) is 22.6 Å². The summed E-state index contributed by atoms with van der Waals surface area (Å²) < 4.78 is 0.0637. The summed E-state index contributed by atoms with van der Waals surface area (Å²) in [6.45, 7) is 4.15. The van der Waals surface area contributed by atoms with Crippen molar-refractivity contribution in [3.63, 3.8) is 0 Å². The van der Waals surface area contributed by atoms with Crippen molar-refractivity contribution in [2.24, 2.45) is 0 Å². The maximum atomic E-state index is 4.01. The third-order valence-electron chi connectivity index (χ3n) is 0.978. The minimum Gasteiger partial charge on any atom is -0.262 e. The van der Waals surface area contributed by atoms with Gasteiger partial charge < -0.3 is 0 Å². The molecule has 4 heteroatoms. The van der Waals surface area contributed by atoms with Crippen LogP contribution >= 0.6 is 22.6 Å². The minimum atomic E-state index is 0.0637. The van der Waals surface area contributed by atoms with Gasteiger partial charge in [0, 0.05) is 0 Å². The standard InChI is InChI=1S/C5H8IN3/c1-5(2,6)4-7-3-8-9-4/h3H,1-2H3,(H,7,8,9). The number of aromatic nitrogens is 3. The molecule has 0 aliphatic heterocycles. The first-order chi connectivity index (χ1) is 4.11. The number of nitrogens with zero attached hydrogens (tertiary/aromatic N) is 2. The molecule has 0 aliphatic rings. The van der Waals surface area contributed by atoms with Gasteiger partial charge in [-0.15, -0.1) is 0 Å². The van der Waals surface area contributed by atoms with E-state index in [9.17, 15) is 0 Å². The summed E-state index contributed by atoms with van der Waals surface area (Å²) in [4.78, 5) is 4.01. The number of H-pyrrole nitrogens is 1. The van der Waals surface area contributed by atoms with Crippen LogP contribution in [-0.4, -0.2) is 15.2 Å². The van der Waals surface area contributed by atoms with E-state index in [0.29, 0.717) is 0 Å². The van der Waals surface area contributed by atoms with Crippen LogP contribution in [0.2, 0.25) is 0 Å². The van der Waals surface area contributed by atoms with E-state index < -0.39 is 0 Å². The normalized spacial score (nSPS) is 11.9. The predicted octanol–water partition coefficient (Wildman–Crippen LogP) is 1.47. The Kier molecular flexibility index (Phi) is 1.74. The molecular weight excluding hydrogens is 229 g/mol. The average molecular weight is 237 g/mol. The van der Waals surface area contributed by atoms with Crippen LogP contribution in [0.3, 0.4) is 0 Å². The lowest BCUT2D eigenvalue weighted by Crippen LogP contribution is -2.08. The van der Waals surface area contributed by atoms with E-state index in [4.69, 9.17) is 0 Å². The van der Waals surface area contributed by atoms with Crippen molar-refractivity contribution in [3.05, 3.63) is 12.2 Å². The Bertz CT molecular complexity index is 175. The van der Waals surface area contributed by atoms with Gasteiger partial charge in [0.2, 0.25) is 0 Å². The number of hydrogen-bond donors (Lipinski definition) is 1. The van der Waals surface area contributed by atoms with E-state index in [0.717, 1.165) is 5.82 Å². The molecule has 1 aromatic rings. The first-order valence-electron chi connectivity index (χ1n) is 2.65. The summed E-state index contributed by atoms with van der Waals surface area (Å²) in [5, 5.41) is 6.56. The molecule has 1 N–H and O–H groups in total. The highest BCUT2D eigenvalue weighted by Gasteiger charge is 2.18. The summed E-state index contributed by atoms with van der Waals surface area (Å²) in [6, 6.07) is 0. The molecule has 0 radical (unpaired) electrons. The number of halogens is 1. The summed E-state index contributed by atoms with van der Waals surface area (Å²) in [5.74, 6) is 0.920. The largest absolute Gasteiger partial charge is 0.262 e. The van der Waals surface area contributed by atoms with Crippen molar-refractivity contribution >= 4 is 22.6 Å². The Morgan fingerprint density at radius 1 is 1.67 bits per heavy atom. The molecule has 0 bridgehead atoms. The zero-order chi connectivity index (χ0) is 6.91.